The number of hydrogen-bond donors (Lipinski definition) is 0. The van der Waals surface area contributed by atoms with Gasteiger partial charge < -0.3 is 9.13 Å². The summed E-state index contributed by atoms with van der Waals surface area (Å²) in [5, 5.41) is 2.41. The first-order valence-electron chi connectivity index (χ1n) is 10.9. The molecule has 0 amide bonds. The van der Waals surface area contributed by atoms with Crippen molar-refractivity contribution in [2.45, 2.75) is 19.2 Å². The smallest absolute Gasteiger partial charge is 0.154 e. The largest absolute Gasteiger partial charge is 0.313 e. The predicted octanol–water partition coefficient (Wildman–Crippen LogP) is 6.00. The van der Waals surface area contributed by atoms with Crippen molar-refractivity contribution in [1.29, 1.82) is 0 Å². The van der Waals surface area contributed by atoms with Crippen LogP contribution in [-0.4, -0.2) is 5.40 Å². The summed E-state index contributed by atoms with van der Waals surface area (Å²) in [5.74, 6) is -0.0903. The second-order valence-electron chi connectivity index (χ2n) is 8.32. The van der Waals surface area contributed by atoms with E-state index in [-0.39, 0.29) is 5.92 Å². The monoisotopic (exact) mass is 458 g/mol. The minimum Gasteiger partial charge on any atom is -0.313 e. The summed E-state index contributed by atoms with van der Waals surface area (Å²) in [6.45, 7) is 4.09. The maximum atomic E-state index is 15.4. The molecule has 4 rings (SSSR count). The maximum Gasteiger partial charge on any atom is 0.154 e. The van der Waals surface area contributed by atoms with Crippen LogP contribution in [0.4, 0.5) is 0 Å². The molecule has 0 atom stereocenters. The van der Waals surface area contributed by atoms with Gasteiger partial charge in [0.05, 0.1) is 5.40 Å². The number of hydrogen-bond acceptors (Lipinski definition) is 2. The average Bonchev–Trinajstić information content (AvgIpc) is 2.86. The highest BCUT2D eigenvalue weighted by atomic mass is 31.2. The van der Waals surface area contributed by atoms with E-state index in [2.05, 4.69) is 0 Å². The molecule has 0 fully saturated rings. The second kappa shape index (κ2) is 9.45. The molecule has 4 aromatic rings. The normalized spacial score (nSPS) is 12.2. The topological polar surface area (TPSA) is 34.1 Å². The minimum absolute atomic E-state index is 0.0903. The molecule has 0 aromatic heterocycles. The molecule has 4 aromatic carbocycles. The molecule has 0 spiro atoms. The highest BCUT2D eigenvalue weighted by Crippen LogP contribution is 2.68. The van der Waals surface area contributed by atoms with Crippen LogP contribution in [0, 0.1) is 5.92 Å². The highest BCUT2D eigenvalue weighted by molar-refractivity contribution is 7.95. The third-order valence-corrected chi connectivity index (χ3v) is 14.8. The van der Waals surface area contributed by atoms with Gasteiger partial charge in [-0.15, -0.1) is 0 Å². The number of rotatable bonds is 7. The van der Waals surface area contributed by atoms with Crippen LogP contribution in [0.3, 0.4) is 0 Å². The van der Waals surface area contributed by atoms with Gasteiger partial charge in [-0.05, 0) is 5.92 Å². The van der Waals surface area contributed by atoms with Crippen molar-refractivity contribution in [3.05, 3.63) is 121 Å². The standard InChI is InChI=1S/C28H28O2P2/c1-23(2)28(31(29,24-15-7-3-8-16-24)25-17-9-4-10-18-25)32(30,26-19-11-5-12-20-26)27-21-13-6-14-22-27/h3-23,28H,1-2H3. The fourth-order valence-corrected chi connectivity index (χ4v) is 14.0. The third-order valence-electron chi connectivity index (χ3n) is 5.90. The van der Waals surface area contributed by atoms with Gasteiger partial charge in [0.25, 0.3) is 0 Å². The Labute approximate surface area is 191 Å². The summed E-state index contributed by atoms with van der Waals surface area (Å²) in [5.41, 5.74) is 0. The first kappa shape index (κ1) is 22.5. The van der Waals surface area contributed by atoms with Crippen LogP contribution in [0.25, 0.3) is 0 Å². The first-order valence-corrected chi connectivity index (χ1v) is 14.5. The Morgan fingerprint density at radius 3 is 0.844 bits per heavy atom. The zero-order valence-electron chi connectivity index (χ0n) is 18.4. The first-order chi connectivity index (χ1) is 15.5. The average molecular weight is 458 g/mol. The Kier molecular flexibility index (Phi) is 6.66. The lowest BCUT2D eigenvalue weighted by Gasteiger charge is -2.38. The van der Waals surface area contributed by atoms with Gasteiger partial charge in [-0.2, -0.15) is 0 Å². The van der Waals surface area contributed by atoms with Crippen molar-refractivity contribution >= 4 is 35.5 Å². The van der Waals surface area contributed by atoms with Gasteiger partial charge in [-0.3, -0.25) is 0 Å². The molecule has 32 heavy (non-hydrogen) atoms. The summed E-state index contributed by atoms with van der Waals surface area (Å²) >= 11 is 0. The Balaban J connectivity index is 2.09. The van der Waals surface area contributed by atoms with Crippen LogP contribution in [0.2, 0.25) is 0 Å². The van der Waals surface area contributed by atoms with Crippen LogP contribution < -0.4 is 21.2 Å². The summed E-state index contributed by atoms with van der Waals surface area (Å²) in [6.07, 6.45) is 0. The lowest BCUT2D eigenvalue weighted by atomic mass is 10.3. The van der Waals surface area contributed by atoms with E-state index in [0.717, 1.165) is 21.2 Å². The van der Waals surface area contributed by atoms with Crippen molar-refractivity contribution in [1.82, 2.24) is 0 Å². The Morgan fingerprint density at radius 1 is 0.438 bits per heavy atom. The molecule has 0 heterocycles. The molecule has 0 unspecified atom stereocenters. The fraction of sp³-hybridized carbons (Fsp3) is 0.143. The Hall–Kier alpha value is -2.66. The molecule has 0 aliphatic heterocycles. The van der Waals surface area contributed by atoms with E-state index in [9.17, 15) is 0 Å². The van der Waals surface area contributed by atoms with E-state index >= 15 is 9.13 Å². The molecule has 4 heteroatoms. The van der Waals surface area contributed by atoms with Crippen LogP contribution in [0.5, 0.6) is 0 Å². The summed E-state index contributed by atoms with van der Waals surface area (Å²) in [7, 11) is -6.61. The van der Waals surface area contributed by atoms with E-state index in [1.807, 2.05) is 135 Å². The van der Waals surface area contributed by atoms with Crippen molar-refractivity contribution in [2.75, 3.05) is 0 Å². The van der Waals surface area contributed by atoms with Gasteiger partial charge in [-0.1, -0.05) is 135 Å². The zero-order valence-corrected chi connectivity index (χ0v) is 20.2. The molecule has 0 aliphatic carbocycles. The molecule has 0 bridgehead atoms. The van der Waals surface area contributed by atoms with Crippen LogP contribution in [0.1, 0.15) is 13.8 Å². The molecule has 0 N–H and O–H groups in total. The van der Waals surface area contributed by atoms with E-state index < -0.39 is 19.7 Å². The second-order valence-corrected chi connectivity index (χ2v) is 14.5. The van der Waals surface area contributed by atoms with Gasteiger partial charge in [-0.25, -0.2) is 0 Å². The summed E-state index contributed by atoms with van der Waals surface area (Å²) in [6, 6.07) is 38.4. The molecule has 0 saturated carbocycles. The van der Waals surface area contributed by atoms with E-state index in [1.54, 1.807) is 0 Å². The van der Waals surface area contributed by atoms with Gasteiger partial charge in [0.1, 0.15) is 0 Å². The van der Waals surface area contributed by atoms with Gasteiger partial charge >= 0.3 is 0 Å². The molecule has 0 radical (unpaired) electrons. The quantitative estimate of drug-likeness (QED) is 0.319. The zero-order chi connectivity index (χ0) is 22.6. The SMILES string of the molecule is CC(C)C(P(=O)(c1ccccc1)c1ccccc1)P(=O)(c1ccccc1)c1ccccc1. The van der Waals surface area contributed by atoms with Crippen molar-refractivity contribution in [3.63, 3.8) is 0 Å². The molecule has 162 valence electrons. The fourth-order valence-electron chi connectivity index (χ4n) is 4.58. The van der Waals surface area contributed by atoms with Gasteiger partial charge in [0.2, 0.25) is 0 Å². The summed E-state index contributed by atoms with van der Waals surface area (Å²) in [4.78, 5) is 0. The van der Waals surface area contributed by atoms with Crippen molar-refractivity contribution < 1.29 is 9.13 Å². The van der Waals surface area contributed by atoms with E-state index in [0.29, 0.717) is 0 Å². The van der Waals surface area contributed by atoms with Crippen LogP contribution in [-0.2, 0) is 9.13 Å². The third kappa shape index (κ3) is 3.95. The molecular formula is C28H28O2P2. The molecule has 0 saturated heterocycles. The number of benzene rings is 4. The van der Waals surface area contributed by atoms with Crippen LogP contribution >= 0.6 is 14.3 Å². The van der Waals surface area contributed by atoms with Crippen molar-refractivity contribution in [3.8, 4) is 0 Å². The molecule has 0 aliphatic rings. The van der Waals surface area contributed by atoms with Gasteiger partial charge in [0.15, 0.2) is 14.3 Å². The maximum absolute atomic E-state index is 15.4. The Bertz CT molecular complexity index is 1050. The Morgan fingerprint density at radius 2 is 0.656 bits per heavy atom. The molecule has 2 nitrogen and oxygen atoms in total. The lowest BCUT2D eigenvalue weighted by molar-refractivity contribution is 0.553. The van der Waals surface area contributed by atoms with Crippen molar-refractivity contribution in [2.24, 2.45) is 5.92 Å². The minimum atomic E-state index is -3.31. The van der Waals surface area contributed by atoms with Gasteiger partial charge in [0, 0.05) is 21.2 Å². The van der Waals surface area contributed by atoms with E-state index in [1.165, 1.54) is 0 Å². The molecular weight excluding hydrogens is 430 g/mol. The van der Waals surface area contributed by atoms with E-state index in [4.69, 9.17) is 0 Å². The van der Waals surface area contributed by atoms with Crippen LogP contribution in [0.15, 0.2) is 121 Å². The lowest BCUT2D eigenvalue weighted by Crippen LogP contribution is -2.35. The summed E-state index contributed by atoms with van der Waals surface area (Å²) < 4.78 is 30.8. The highest BCUT2D eigenvalue weighted by Gasteiger charge is 2.50. The predicted molar refractivity (Wildman–Crippen MR) is 138 cm³/mol.